The molecule has 4 heteroatoms. The molecule has 0 aromatic carbocycles. The highest BCUT2D eigenvalue weighted by molar-refractivity contribution is 4.95. The summed E-state index contributed by atoms with van der Waals surface area (Å²) >= 11 is 0. The SMILES string of the molecule is Fc1cncc(F)c1.c1ccncc1. The Morgan fingerprint density at radius 2 is 1.36 bits per heavy atom. The van der Waals surface area contributed by atoms with Crippen LogP contribution in [0, 0.1) is 11.6 Å². The van der Waals surface area contributed by atoms with E-state index in [2.05, 4.69) is 9.97 Å². The van der Waals surface area contributed by atoms with Crippen LogP contribution in [0.25, 0.3) is 0 Å². The smallest absolute Gasteiger partial charge is 0.144 e. The zero-order chi connectivity index (χ0) is 10.2. The van der Waals surface area contributed by atoms with E-state index in [9.17, 15) is 8.78 Å². The van der Waals surface area contributed by atoms with Crippen LogP contribution in [0.1, 0.15) is 0 Å². The molecule has 0 bridgehead atoms. The summed E-state index contributed by atoms with van der Waals surface area (Å²) in [5, 5.41) is 0. The van der Waals surface area contributed by atoms with Crippen molar-refractivity contribution >= 4 is 0 Å². The summed E-state index contributed by atoms with van der Waals surface area (Å²) in [5.41, 5.74) is 0. The van der Waals surface area contributed by atoms with Crippen LogP contribution in [0.5, 0.6) is 0 Å². The second-order valence-electron chi connectivity index (χ2n) is 2.35. The number of hydrogen-bond donors (Lipinski definition) is 0. The van der Waals surface area contributed by atoms with Gasteiger partial charge in [0.25, 0.3) is 0 Å². The summed E-state index contributed by atoms with van der Waals surface area (Å²) in [6, 6.07) is 6.49. The average Bonchev–Trinajstić information content (AvgIpc) is 2.21. The summed E-state index contributed by atoms with van der Waals surface area (Å²) in [4.78, 5) is 7.02. The second kappa shape index (κ2) is 5.75. The van der Waals surface area contributed by atoms with Gasteiger partial charge >= 0.3 is 0 Å². The summed E-state index contributed by atoms with van der Waals surface area (Å²) in [6.07, 6.45) is 5.40. The highest BCUT2D eigenvalue weighted by Crippen LogP contribution is 1.95. The van der Waals surface area contributed by atoms with Crippen LogP contribution in [-0.2, 0) is 0 Å². The fourth-order valence-electron chi connectivity index (χ4n) is 0.699. The molecular weight excluding hydrogens is 186 g/mol. The molecule has 14 heavy (non-hydrogen) atoms. The minimum atomic E-state index is -0.648. The molecule has 2 heterocycles. The lowest BCUT2D eigenvalue weighted by atomic mass is 10.5. The molecule has 0 saturated heterocycles. The normalized spacial score (nSPS) is 8.71. The van der Waals surface area contributed by atoms with Crippen molar-refractivity contribution in [3.8, 4) is 0 Å². The van der Waals surface area contributed by atoms with Crippen molar-refractivity contribution in [1.29, 1.82) is 0 Å². The topological polar surface area (TPSA) is 25.8 Å². The van der Waals surface area contributed by atoms with Gasteiger partial charge in [-0.25, -0.2) is 8.78 Å². The van der Waals surface area contributed by atoms with Gasteiger partial charge in [0.2, 0.25) is 0 Å². The van der Waals surface area contributed by atoms with E-state index in [1.54, 1.807) is 12.4 Å². The van der Waals surface area contributed by atoms with Gasteiger partial charge in [-0.3, -0.25) is 9.97 Å². The van der Waals surface area contributed by atoms with Crippen molar-refractivity contribution in [2.75, 3.05) is 0 Å². The van der Waals surface area contributed by atoms with Gasteiger partial charge in [0.05, 0.1) is 12.4 Å². The fraction of sp³-hybridized carbons (Fsp3) is 0. The summed E-state index contributed by atoms with van der Waals surface area (Å²) < 4.78 is 23.7. The molecule has 72 valence electrons. The number of halogens is 2. The van der Waals surface area contributed by atoms with E-state index in [4.69, 9.17) is 0 Å². The van der Waals surface area contributed by atoms with Crippen molar-refractivity contribution in [3.63, 3.8) is 0 Å². The average molecular weight is 194 g/mol. The summed E-state index contributed by atoms with van der Waals surface area (Å²) in [5.74, 6) is -1.30. The van der Waals surface area contributed by atoms with Gasteiger partial charge in [0.1, 0.15) is 11.6 Å². The maximum absolute atomic E-state index is 11.9. The van der Waals surface area contributed by atoms with Crippen LogP contribution >= 0.6 is 0 Å². The van der Waals surface area contributed by atoms with Crippen molar-refractivity contribution < 1.29 is 8.78 Å². The lowest BCUT2D eigenvalue weighted by Gasteiger charge is -1.83. The molecule has 0 unspecified atom stereocenters. The monoisotopic (exact) mass is 194 g/mol. The number of nitrogens with zero attached hydrogens (tertiary/aromatic N) is 2. The number of aromatic nitrogens is 2. The zero-order valence-corrected chi connectivity index (χ0v) is 7.27. The highest BCUT2D eigenvalue weighted by Gasteiger charge is 1.89. The third-order valence-corrected chi connectivity index (χ3v) is 1.24. The Labute approximate surface area is 80.3 Å². The van der Waals surface area contributed by atoms with Gasteiger partial charge in [0, 0.05) is 18.5 Å². The van der Waals surface area contributed by atoms with E-state index in [0.717, 1.165) is 18.5 Å². The predicted molar refractivity (Wildman–Crippen MR) is 48.4 cm³/mol. The van der Waals surface area contributed by atoms with E-state index in [-0.39, 0.29) is 0 Å². The molecule has 0 aliphatic heterocycles. The number of hydrogen-bond acceptors (Lipinski definition) is 2. The highest BCUT2D eigenvalue weighted by atomic mass is 19.1. The molecule has 0 spiro atoms. The Kier molecular flexibility index (Phi) is 4.20. The quantitative estimate of drug-likeness (QED) is 0.643. The maximum Gasteiger partial charge on any atom is 0.144 e. The molecule has 2 aromatic rings. The van der Waals surface area contributed by atoms with E-state index in [1.807, 2.05) is 18.2 Å². The van der Waals surface area contributed by atoms with Crippen LogP contribution < -0.4 is 0 Å². The van der Waals surface area contributed by atoms with Crippen molar-refractivity contribution in [2.24, 2.45) is 0 Å². The van der Waals surface area contributed by atoms with Crippen LogP contribution in [-0.4, -0.2) is 9.97 Å². The van der Waals surface area contributed by atoms with E-state index in [0.29, 0.717) is 0 Å². The van der Waals surface area contributed by atoms with Crippen molar-refractivity contribution in [2.45, 2.75) is 0 Å². The lowest BCUT2D eigenvalue weighted by Crippen LogP contribution is -1.78. The molecule has 2 rings (SSSR count). The van der Waals surface area contributed by atoms with Gasteiger partial charge < -0.3 is 0 Å². The lowest BCUT2D eigenvalue weighted by molar-refractivity contribution is 0.573. The van der Waals surface area contributed by atoms with E-state index in [1.165, 1.54) is 0 Å². The van der Waals surface area contributed by atoms with Crippen molar-refractivity contribution in [3.05, 3.63) is 60.7 Å². The third-order valence-electron chi connectivity index (χ3n) is 1.24. The Morgan fingerprint density at radius 3 is 1.57 bits per heavy atom. The number of rotatable bonds is 0. The first-order chi connectivity index (χ1) is 6.79. The second-order valence-corrected chi connectivity index (χ2v) is 2.35. The Balaban J connectivity index is 0.000000146. The molecule has 0 amide bonds. The van der Waals surface area contributed by atoms with Crippen LogP contribution in [0.2, 0.25) is 0 Å². The van der Waals surface area contributed by atoms with Gasteiger partial charge in [-0.15, -0.1) is 0 Å². The molecule has 0 saturated carbocycles. The largest absolute Gasteiger partial charge is 0.265 e. The molecule has 0 atom stereocenters. The van der Waals surface area contributed by atoms with Gasteiger partial charge in [-0.1, -0.05) is 6.07 Å². The van der Waals surface area contributed by atoms with Crippen LogP contribution in [0.15, 0.2) is 49.1 Å². The molecule has 0 radical (unpaired) electrons. The van der Waals surface area contributed by atoms with Gasteiger partial charge in [0.15, 0.2) is 0 Å². The molecule has 0 aliphatic rings. The Hall–Kier alpha value is -1.84. The zero-order valence-electron chi connectivity index (χ0n) is 7.27. The molecule has 2 aromatic heterocycles. The fourth-order valence-corrected chi connectivity index (χ4v) is 0.699. The molecule has 2 nitrogen and oxygen atoms in total. The molecule has 0 aliphatic carbocycles. The van der Waals surface area contributed by atoms with Crippen LogP contribution in [0.3, 0.4) is 0 Å². The van der Waals surface area contributed by atoms with Gasteiger partial charge in [-0.05, 0) is 12.1 Å². The van der Waals surface area contributed by atoms with Crippen molar-refractivity contribution in [1.82, 2.24) is 9.97 Å². The first kappa shape index (κ1) is 10.2. The minimum absolute atomic E-state index is 0.648. The van der Waals surface area contributed by atoms with E-state index < -0.39 is 11.6 Å². The summed E-state index contributed by atoms with van der Waals surface area (Å²) in [7, 11) is 0. The molecular formula is C10H8F2N2. The Morgan fingerprint density at radius 1 is 0.786 bits per heavy atom. The summed E-state index contributed by atoms with van der Waals surface area (Å²) in [6.45, 7) is 0. The first-order valence-corrected chi connectivity index (χ1v) is 3.90. The maximum atomic E-state index is 11.9. The minimum Gasteiger partial charge on any atom is -0.265 e. The third kappa shape index (κ3) is 4.25. The first-order valence-electron chi connectivity index (χ1n) is 3.90. The van der Waals surface area contributed by atoms with E-state index >= 15 is 0 Å². The Bertz CT molecular complexity index is 322. The standard InChI is InChI=1S/C5H3F2N.C5H5N/c6-4-1-5(7)3-8-2-4;1-2-4-6-5-3-1/h1-3H;1-5H. The number of pyridine rings is 2. The molecule has 0 N–H and O–H groups in total. The molecule has 0 fully saturated rings. The van der Waals surface area contributed by atoms with Gasteiger partial charge in [-0.2, -0.15) is 0 Å². The predicted octanol–water partition coefficient (Wildman–Crippen LogP) is 2.44. The van der Waals surface area contributed by atoms with Crippen LogP contribution in [0.4, 0.5) is 8.78 Å².